The standard InChI is InChI=1S/C17H26N2O2/c1-12(2)11-19-16(20)9-5-8-15(18)17(19)13-6-4-7-14(10-13)21-3/h4,6-7,10,12,15,17H,5,8-9,11,18H2,1-3H3. The van der Waals surface area contributed by atoms with Crippen molar-refractivity contribution in [3.8, 4) is 5.75 Å². The molecule has 0 aromatic heterocycles. The highest BCUT2D eigenvalue weighted by Crippen LogP contribution is 2.32. The fourth-order valence-corrected chi connectivity index (χ4v) is 3.04. The second kappa shape index (κ2) is 6.94. The number of likely N-dealkylation sites (tertiary alicyclic amines) is 1. The van der Waals surface area contributed by atoms with Crippen LogP contribution < -0.4 is 10.5 Å². The van der Waals surface area contributed by atoms with Gasteiger partial charge < -0.3 is 15.4 Å². The fourth-order valence-electron chi connectivity index (χ4n) is 3.04. The smallest absolute Gasteiger partial charge is 0.223 e. The number of rotatable bonds is 4. The summed E-state index contributed by atoms with van der Waals surface area (Å²) < 4.78 is 5.31. The Kier molecular flexibility index (Phi) is 5.23. The molecule has 2 atom stereocenters. The molecule has 1 amide bonds. The first kappa shape index (κ1) is 15.8. The molecule has 21 heavy (non-hydrogen) atoms. The van der Waals surface area contributed by atoms with Crippen LogP contribution in [0.2, 0.25) is 0 Å². The molecule has 2 rings (SSSR count). The van der Waals surface area contributed by atoms with Gasteiger partial charge in [-0.1, -0.05) is 26.0 Å². The molecule has 4 heteroatoms. The molecule has 1 saturated heterocycles. The van der Waals surface area contributed by atoms with Gasteiger partial charge in [-0.3, -0.25) is 4.79 Å². The third-order valence-corrected chi connectivity index (χ3v) is 3.99. The van der Waals surface area contributed by atoms with E-state index in [1.54, 1.807) is 7.11 Å². The van der Waals surface area contributed by atoms with Crippen LogP contribution in [0, 0.1) is 5.92 Å². The number of benzene rings is 1. The second-order valence-electron chi connectivity index (χ2n) is 6.22. The zero-order chi connectivity index (χ0) is 15.4. The van der Waals surface area contributed by atoms with Gasteiger partial charge in [-0.25, -0.2) is 0 Å². The van der Waals surface area contributed by atoms with Crippen molar-refractivity contribution in [3.63, 3.8) is 0 Å². The van der Waals surface area contributed by atoms with Gasteiger partial charge in [-0.2, -0.15) is 0 Å². The minimum atomic E-state index is -0.0579. The third-order valence-electron chi connectivity index (χ3n) is 3.99. The summed E-state index contributed by atoms with van der Waals surface area (Å²) in [5, 5.41) is 0. The molecular weight excluding hydrogens is 264 g/mol. The molecule has 1 heterocycles. The lowest BCUT2D eigenvalue weighted by Gasteiger charge is -2.35. The Hall–Kier alpha value is -1.55. The summed E-state index contributed by atoms with van der Waals surface area (Å²) in [6.45, 7) is 5.01. The van der Waals surface area contributed by atoms with Gasteiger partial charge >= 0.3 is 0 Å². The lowest BCUT2D eigenvalue weighted by molar-refractivity contribution is -0.133. The van der Waals surface area contributed by atoms with E-state index in [0.29, 0.717) is 12.3 Å². The monoisotopic (exact) mass is 290 g/mol. The van der Waals surface area contributed by atoms with E-state index in [0.717, 1.165) is 30.7 Å². The van der Waals surface area contributed by atoms with Crippen molar-refractivity contribution >= 4 is 5.91 Å². The molecule has 0 bridgehead atoms. The number of carbonyl (C=O) groups is 1. The molecular formula is C17H26N2O2. The highest BCUT2D eigenvalue weighted by molar-refractivity contribution is 5.77. The van der Waals surface area contributed by atoms with E-state index in [2.05, 4.69) is 13.8 Å². The van der Waals surface area contributed by atoms with Gasteiger partial charge in [0, 0.05) is 19.0 Å². The van der Waals surface area contributed by atoms with Crippen molar-refractivity contribution in [1.82, 2.24) is 4.90 Å². The molecule has 0 aliphatic carbocycles. The summed E-state index contributed by atoms with van der Waals surface area (Å²) >= 11 is 0. The largest absolute Gasteiger partial charge is 0.497 e. The molecule has 4 nitrogen and oxygen atoms in total. The van der Waals surface area contributed by atoms with Gasteiger partial charge in [0.15, 0.2) is 0 Å². The second-order valence-corrected chi connectivity index (χ2v) is 6.22. The maximum absolute atomic E-state index is 12.5. The third kappa shape index (κ3) is 3.76. The summed E-state index contributed by atoms with van der Waals surface area (Å²) in [5.41, 5.74) is 7.46. The van der Waals surface area contributed by atoms with Crippen molar-refractivity contribution in [1.29, 1.82) is 0 Å². The van der Waals surface area contributed by atoms with Crippen LogP contribution >= 0.6 is 0 Å². The molecule has 0 spiro atoms. The first-order chi connectivity index (χ1) is 10.0. The SMILES string of the molecule is COc1cccc(C2C(N)CCCC(=O)N2CC(C)C)c1. The van der Waals surface area contributed by atoms with Gasteiger partial charge in [0.25, 0.3) is 0 Å². The lowest BCUT2D eigenvalue weighted by Crippen LogP contribution is -2.43. The van der Waals surface area contributed by atoms with E-state index >= 15 is 0 Å². The molecule has 0 saturated carbocycles. The summed E-state index contributed by atoms with van der Waals surface area (Å²) in [7, 11) is 1.66. The molecule has 2 N–H and O–H groups in total. The van der Waals surface area contributed by atoms with Crippen molar-refractivity contribution in [3.05, 3.63) is 29.8 Å². The quantitative estimate of drug-likeness (QED) is 0.927. The number of ether oxygens (including phenoxy) is 1. The van der Waals surface area contributed by atoms with Crippen LogP contribution in [0.25, 0.3) is 0 Å². The molecule has 1 fully saturated rings. The van der Waals surface area contributed by atoms with Crippen LogP contribution in [0.15, 0.2) is 24.3 Å². The molecule has 1 aromatic carbocycles. The van der Waals surface area contributed by atoms with Gasteiger partial charge in [0.1, 0.15) is 5.75 Å². The maximum Gasteiger partial charge on any atom is 0.223 e. The Morgan fingerprint density at radius 2 is 2.19 bits per heavy atom. The predicted molar refractivity (Wildman–Crippen MR) is 84.1 cm³/mol. The van der Waals surface area contributed by atoms with Crippen LogP contribution in [0.1, 0.15) is 44.7 Å². The molecule has 116 valence electrons. The molecule has 2 unspecified atom stereocenters. The van der Waals surface area contributed by atoms with Crippen LogP contribution in [0.4, 0.5) is 0 Å². The topological polar surface area (TPSA) is 55.6 Å². The molecule has 1 aliphatic rings. The number of hydrogen-bond donors (Lipinski definition) is 1. The Labute approximate surface area is 127 Å². The highest BCUT2D eigenvalue weighted by atomic mass is 16.5. The number of methoxy groups -OCH3 is 1. The van der Waals surface area contributed by atoms with Gasteiger partial charge in [-0.05, 0) is 36.5 Å². The van der Waals surface area contributed by atoms with E-state index in [1.165, 1.54) is 0 Å². The minimum absolute atomic E-state index is 0.0256. The van der Waals surface area contributed by atoms with Crippen molar-refractivity contribution in [2.24, 2.45) is 11.7 Å². The summed E-state index contributed by atoms with van der Waals surface area (Å²) in [6, 6.07) is 7.83. The summed E-state index contributed by atoms with van der Waals surface area (Å²) in [4.78, 5) is 14.4. The Morgan fingerprint density at radius 3 is 2.86 bits per heavy atom. The number of nitrogens with zero attached hydrogens (tertiary/aromatic N) is 1. The van der Waals surface area contributed by atoms with E-state index in [4.69, 9.17) is 10.5 Å². The Balaban J connectivity index is 2.38. The number of amides is 1. The average molecular weight is 290 g/mol. The van der Waals surface area contributed by atoms with Crippen LogP contribution in [0.3, 0.4) is 0 Å². The summed E-state index contributed by atoms with van der Waals surface area (Å²) in [6.07, 6.45) is 2.35. The van der Waals surface area contributed by atoms with Crippen molar-refractivity contribution < 1.29 is 9.53 Å². The summed E-state index contributed by atoms with van der Waals surface area (Å²) in [5.74, 6) is 1.44. The fraction of sp³-hybridized carbons (Fsp3) is 0.588. The van der Waals surface area contributed by atoms with Crippen LogP contribution in [0.5, 0.6) is 5.75 Å². The molecule has 1 aliphatic heterocycles. The molecule has 1 aromatic rings. The first-order valence-electron chi connectivity index (χ1n) is 7.72. The minimum Gasteiger partial charge on any atom is -0.497 e. The first-order valence-corrected chi connectivity index (χ1v) is 7.72. The van der Waals surface area contributed by atoms with Crippen LogP contribution in [-0.4, -0.2) is 30.5 Å². The van der Waals surface area contributed by atoms with E-state index < -0.39 is 0 Å². The van der Waals surface area contributed by atoms with Gasteiger partial charge in [0.2, 0.25) is 5.91 Å². The van der Waals surface area contributed by atoms with Crippen molar-refractivity contribution in [2.75, 3.05) is 13.7 Å². The van der Waals surface area contributed by atoms with E-state index in [1.807, 2.05) is 29.2 Å². The maximum atomic E-state index is 12.5. The van der Waals surface area contributed by atoms with Gasteiger partial charge in [0.05, 0.1) is 13.2 Å². The molecule has 0 radical (unpaired) electrons. The number of carbonyl (C=O) groups excluding carboxylic acids is 1. The Bertz CT molecular complexity index is 487. The van der Waals surface area contributed by atoms with E-state index in [9.17, 15) is 4.79 Å². The number of nitrogens with two attached hydrogens (primary N) is 1. The van der Waals surface area contributed by atoms with Gasteiger partial charge in [-0.15, -0.1) is 0 Å². The zero-order valence-corrected chi connectivity index (χ0v) is 13.2. The Morgan fingerprint density at radius 1 is 1.43 bits per heavy atom. The number of hydrogen-bond acceptors (Lipinski definition) is 3. The van der Waals surface area contributed by atoms with Crippen LogP contribution in [-0.2, 0) is 4.79 Å². The average Bonchev–Trinajstić information content (AvgIpc) is 2.58. The predicted octanol–water partition coefficient (Wildman–Crippen LogP) is 2.73. The van der Waals surface area contributed by atoms with Crippen molar-refractivity contribution in [2.45, 2.75) is 45.2 Å². The van der Waals surface area contributed by atoms with E-state index in [-0.39, 0.29) is 18.0 Å². The highest BCUT2D eigenvalue weighted by Gasteiger charge is 2.33. The normalized spacial score (nSPS) is 23.3. The zero-order valence-electron chi connectivity index (χ0n) is 13.2. The lowest BCUT2D eigenvalue weighted by atomic mass is 9.95.